The van der Waals surface area contributed by atoms with Crippen LogP contribution in [0.25, 0.3) is 10.4 Å². The van der Waals surface area contributed by atoms with Gasteiger partial charge >= 0.3 is 0 Å². The van der Waals surface area contributed by atoms with Gasteiger partial charge in [-0.25, -0.2) is 4.98 Å². The van der Waals surface area contributed by atoms with Crippen molar-refractivity contribution in [2.45, 2.75) is 78.1 Å². The number of aliphatic hydroxyl groups excluding tert-OH is 1. The molecule has 0 bridgehead atoms. The van der Waals surface area contributed by atoms with Crippen molar-refractivity contribution in [3.05, 3.63) is 75.3 Å². The van der Waals surface area contributed by atoms with Gasteiger partial charge in [0.15, 0.2) is 0 Å². The van der Waals surface area contributed by atoms with E-state index in [1.807, 2.05) is 88.7 Å². The maximum Gasteiger partial charge on any atom is 0.246 e. The highest BCUT2D eigenvalue weighted by atomic mass is 79.9. The Morgan fingerprint density at radius 3 is 2.43 bits per heavy atom. The van der Waals surface area contributed by atoms with Crippen molar-refractivity contribution in [3.8, 4) is 10.4 Å². The van der Waals surface area contributed by atoms with Gasteiger partial charge in [-0.3, -0.25) is 14.4 Å². The van der Waals surface area contributed by atoms with Crippen molar-refractivity contribution >= 4 is 45.0 Å². The fourth-order valence-corrected chi connectivity index (χ4v) is 6.49. The van der Waals surface area contributed by atoms with Gasteiger partial charge in [0.2, 0.25) is 17.7 Å². The lowest BCUT2D eigenvalue weighted by molar-refractivity contribution is -0.144. The summed E-state index contributed by atoms with van der Waals surface area (Å²) in [5.74, 6) is -0.946. The Bertz CT molecular complexity index is 1420. The van der Waals surface area contributed by atoms with Crippen LogP contribution in [-0.4, -0.2) is 57.4 Å². The number of nitrogens with zero attached hydrogens (tertiary/aromatic N) is 2. The number of benzene rings is 2. The lowest BCUT2D eigenvalue weighted by Crippen LogP contribution is -2.57. The molecule has 3 amide bonds. The number of rotatable bonds is 9. The van der Waals surface area contributed by atoms with E-state index in [4.69, 9.17) is 0 Å². The van der Waals surface area contributed by atoms with Crippen molar-refractivity contribution in [1.82, 2.24) is 20.5 Å². The lowest BCUT2D eigenvalue weighted by atomic mass is 9.85. The number of aromatic nitrogens is 1. The SMILES string of the molecule is Cc1ncsc1-c1ccc([C@H](C)NC(=O)[C@@H]2C[C@@H](O)CN2C(=O)[C@@H](NC(=O)CCc2ccccc2Br)C(C)(C)C)cc1. The number of aryl methyl sites for hydroxylation is 2. The van der Waals surface area contributed by atoms with Crippen LogP contribution in [0.15, 0.2) is 58.5 Å². The predicted octanol–water partition coefficient (Wildman–Crippen LogP) is 5.18. The fraction of sp³-hybridized carbons (Fsp3) is 0.438. The Morgan fingerprint density at radius 2 is 1.81 bits per heavy atom. The molecule has 1 aliphatic heterocycles. The van der Waals surface area contributed by atoms with Gasteiger partial charge < -0.3 is 20.6 Å². The summed E-state index contributed by atoms with van der Waals surface area (Å²) in [6, 6.07) is 13.7. The molecule has 1 aromatic heterocycles. The molecule has 0 radical (unpaired) electrons. The van der Waals surface area contributed by atoms with Crippen molar-refractivity contribution in [2.75, 3.05) is 6.54 Å². The summed E-state index contributed by atoms with van der Waals surface area (Å²) in [5, 5.41) is 16.4. The molecule has 10 heteroatoms. The fourth-order valence-electron chi connectivity index (χ4n) is 5.20. The number of hydrogen-bond acceptors (Lipinski definition) is 6. The summed E-state index contributed by atoms with van der Waals surface area (Å²) >= 11 is 5.10. The Labute approximate surface area is 260 Å². The summed E-state index contributed by atoms with van der Waals surface area (Å²) in [5.41, 5.74) is 5.19. The molecular formula is C32H39BrN4O4S. The number of halogens is 1. The average Bonchev–Trinajstić information content (AvgIpc) is 3.55. The summed E-state index contributed by atoms with van der Waals surface area (Å²) < 4.78 is 0.932. The first-order valence-corrected chi connectivity index (χ1v) is 15.8. The van der Waals surface area contributed by atoms with Crippen LogP contribution < -0.4 is 10.6 Å². The zero-order valence-electron chi connectivity index (χ0n) is 24.7. The van der Waals surface area contributed by atoms with E-state index in [2.05, 4.69) is 31.5 Å². The largest absolute Gasteiger partial charge is 0.391 e. The number of β-amino-alcohol motifs (C(OH)–C–C–N with tert-alkyl or cyclic N) is 1. The molecule has 8 nitrogen and oxygen atoms in total. The molecule has 224 valence electrons. The number of likely N-dealkylation sites (tertiary alicyclic amines) is 1. The second-order valence-electron chi connectivity index (χ2n) is 12.0. The molecule has 0 aliphatic carbocycles. The van der Waals surface area contributed by atoms with E-state index >= 15 is 0 Å². The zero-order valence-corrected chi connectivity index (χ0v) is 27.1. The van der Waals surface area contributed by atoms with Gasteiger partial charge in [0.25, 0.3) is 0 Å². The molecule has 3 aromatic rings. The molecule has 0 spiro atoms. The average molecular weight is 656 g/mol. The van der Waals surface area contributed by atoms with Gasteiger partial charge in [-0.1, -0.05) is 79.2 Å². The number of carbonyl (C=O) groups is 3. The van der Waals surface area contributed by atoms with E-state index in [1.54, 1.807) is 11.3 Å². The van der Waals surface area contributed by atoms with Crippen molar-refractivity contribution < 1.29 is 19.5 Å². The maximum atomic E-state index is 13.9. The van der Waals surface area contributed by atoms with E-state index in [0.29, 0.717) is 6.42 Å². The number of amides is 3. The number of aliphatic hydroxyl groups is 1. The normalized spacial score (nSPS) is 18.4. The third-order valence-corrected chi connectivity index (χ3v) is 9.39. The summed E-state index contributed by atoms with van der Waals surface area (Å²) in [7, 11) is 0. The molecular weight excluding hydrogens is 616 g/mol. The molecule has 4 atom stereocenters. The number of carbonyl (C=O) groups excluding carboxylic acids is 3. The minimum Gasteiger partial charge on any atom is -0.391 e. The molecule has 1 fully saturated rings. The summed E-state index contributed by atoms with van der Waals surface area (Å²) in [6.45, 7) is 9.55. The Kier molecular flexibility index (Phi) is 10.2. The topological polar surface area (TPSA) is 112 Å². The van der Waals surface area contributed by atoms with Gasteiger partial charge in [0, 0.05) is 23.9 Å². The van der Waals surface area contributed by atoms with Crippen molar-refractivity contribution in [1.29, 1.82) is 0 Å². The van der Waals surface area contributed by atoms with Crippen molar-refractivity contribution in [3.63, 3.8) is 0 Å². The first-order valence-electron chi connectivity index (χ1n) is 14.2. The minimum absolute atomic E-state index is 0.0353. The lowest BCUT2D eigenvalue weighted by Gasteiger charge is -2.35. The highest BCUT2D eigenvalue weighted by Crippen LogP contribution is 2.29. The van der Waals surface area contributed by atoms with E-state index in [1.165, 1.54) is 4.90 Å². The third-order valence-electron chi connectivity index (χ3n) is 7.64. The second-order valence-corrected chi connectivity index (χ2v) is 13.7. The van der Waals surface area contributed by atoms with Crippen LogP contribution in [0.2, 0.25) is 0 Å². The summed E-state index contributed by atoms with van der Waals surface area (Å²) in [6.07, 6.45) is 0.0528. The highest BCUT2D eigenvalue weighted by molar-refractivity contribution is 9.10. The summed E-state index contributed by atoms with van der Waals surface area (Å²) in [4.78, 5) is 47.1. The monoisotopic (exact) mass is 654 g/mol. The first-order chi connectivity index (χ1) is 19.8. The van der Waals surface area contributed by atoms with Crippen LogP contribution in [0.1, 0.15) is 63.4 Å². The quantitative estimate of drug-likeness (QED) is 0.294. The van der Waals surface area contributed by atoms with E-state index in [-0.39, 0.29) is 43.1 Å². The molecule has 42 heavy (non-hydrogen) atoms. The van der Waals surface area contributed by atoms with Crippen LogP contribution in [0, 0.1) is 12.3 Å². The van der Waals surface area contributed by atoms with Crippen molar-refractivity contribution in [2.24, 2.45) is 5.41 Å². The van der Waals surface area contributed by atoms with Crippen LogP contribution in [0.4, 0.5) is 0 Å². The minimum atomic E-state index is -0.856. The highest BCUT2D eigenvalue weighted by Gasteiger charge is 2.44. The first kappa shape index (κ1) is 31.8. The molecule has 4 rings (SSSR count). The Hall–Kier alpha value is -3.08. The Balaban J connectivity index is 1.42. The van der Waals surface area contributed by atoms with Gasteiger partial charge in [-0.2, -0.15) is 0 Å². The number of thiazole rings is 1. The second kappa shape index (κ2) is 13.5. The number of nitrogens with one attached hydrogen (secondary N) is 2. The standard InChI is InChI=1S/C32H39BrN4O4S/c1-19(21-10-12-23(13-11-21)28-20(2)34-18-42-28)35-30(40)26-16-24(38)17-37(26)31(41)29(32(3,4)5)36-27(39)15-14-22-8-6-7-9-25(22)33/h6-13,18-19,24,26,29,38H,14-17H2,1-5H3,(H,35,40)(H,36,39)/t19-,24+,26-,29+/m0/s1. The number of hydrogen-bond donors (Lipinski definition) is 3. The molecule has 2 heterocycles. The van der Waals surface area contributed by atoms with Crippen LogP contribution in [0.5, 0.6) is 0 Å². The zero-order chi connectivity index (χ0) is 30.6. The smallest absolute Gasteiger partial charge is 0.246 e. The van der Waals surface area contributed by atoms with E-state index < -0.39 is 23.6 Å². The van der Waals surface area contributed by atoms with Gasteiger partial charge in [-0.15, -0.1) is 11.3 Å². The molecule has 3 N–H and O–H groups in total. The predicted molar refractivity (Wildman–Crippen MR) is 169 cm³/mol. The Morgan fingerprint density at radius 1 is 1.12 bits per heavy atom. The molecule has 0 saturated carbocycles. The van der Waals surface area contributed by atoms with E-state index in [0.717, 1.165) is 31.7 Å². The van der Waals surface area contributed by atoms with Crippen LogP contribution in [-0.2, 0) is 20.8 Å². The molecule has 0 unspecified atom stereocenters. The van der Waals surface area contributed by atoms with Gasteiger partial charge in [-0.05, 0) is 48.4 Å². The maximum absolute atomic E-state index is 13.9. The van der Waals surface area contributed by atoms with Crippen LogP contribution >= 0.6 is 27.3 Å². The third kappa shape index (κ3) is 7.65. The van der Waals surface area contributed by atoms with E-state index in [9.17, 15) is 19.5 Å². The van der Waals surface area contributed by atoms with Gasteiger partial charge in [0.05, 0.1) is 28.2 Å². The molecule has 1 aliphatic rings. The van der Waals surface area contributed by atoms with Crippen LogP contribution in [0.3, 0.4) is 0 Å². The van der Waals surface area contributed by atoms with Gasteiger partial charge in [0.1, 0.15) is 12.1 Å². The molecule has 2 aromatic carbocycles. The molecule has 1 saturated heterocycles.